The molecular formula is H3N7O12Rh-6. The molecule has 19 nitrogen and oxygen atoms in total. The van der Waals surface area contributed by atoms with E-state index in [4.69, 9.17) is 60.7 Å². The Balaban J connectivity index is -0.0000000141. The molecule has 0 aromatic heterocycles. The smallest absolute Gasteiger partial charge is 0 e. The van der Waals surface area contributed by atoms with Crippen LogP contribution in [0.1, 0.15) is 0 Å². The average Bonchev–Trinajstić information content (AvgIpc) is 2.23. The quantitative estimate of drug-likeness (QED) is 0.346. The minimum absolute atomic E-state index is 0. The van der Waals surface area contributed by atoms with Crippen LogP contribution in [0.5, 0.6) is 0 Å². The van der Waals surface area contributed by atoms with Gasteiger partial charge in [0.1, 0.15) is 0 Å². The van der Waals surface area contributed by atoms with Crippen LogP contribution in [0.15, 0.2) is 32.0 Å². The predicted octanol–water partition coefficient (Wildman–Crippen LogP) is 1.66. The normalized spacial score (nSPS) is 3.60. The molecule has 0 aliphatic rings. The van der Waals surface area contributed by atoms with Crippen molar-refractivity contribution in [3.05, 3.63) is 60.7 Å². The summed E-state index contributed by atoms with van der Waals surface area (Å²) < 4.78 is 0. The summed E-state index contributed by atoms with van der Waals surface area (Å²) in [6.07, 6.45) is 0. The van der Waals surface area contributed by atoms with Crippen LogP contribution < -0.4 is 6.15 Å². The van der Waals surface area contributed by atoms with Gasteiger partial charge in [-0.15, -0.1) is 32.0 Å². The SMILES string of the molecule is N.O=N[O-].O=N[O-].O=N[O-].O=N[O-].O=N[O-].O=N[O-].[Rh]. The molecule has 0 aliphatic heterocycles. The Morgan fingerprint density at radius 1 is 0.400 bits per heavy atom. The Labute approximate surface area is 119 Å². The molecule has 0 bridgehead atoms. The maximum atomic E-state index is 8.00. The fraction of sp³-hybridized carbons (Fsp3) is 0. The zero-order valence-corrected chi connectivity index (χ0v) is 10.3. The average molecular weight is 396 g/mol. The van der Waals surface area contributed by atoms with Gasteiger partial charge in [0.05, 0.1) is 0 Å². The first-order valence-electron chi connectivity index (χ1n) is 2.19. The third-order valence-corrected chi connectivity index (χ3v) is 0. The summed E-state index contributed by atoms with van der Waals surface area (Å²) in [5, 5.41) is 54.0. The number of rotatable bonds is 0. The Morgan fingerprint density at radius 2 is 0.400 bits per heavy atom. The third-order valence-electron chi connectivity index (χ3n) is 0. The van der Waals surface area contributed by atoms with Gasteiger partial charge in [-0.3, -0.25) is 0 Å². The standard InChI is InChI=1S/6HNO2.H3N.Rh/c6*2-1-3;;/h6*(H,2,3);1H3;/p-6. The molecule has 0 fully saturated rings. The van der Waals surface area contributed by atoms with Crippen molar-refractivity contribution in [1.82, 2.24) is 6.15 Å². The largest absolute Gasteiger partial charge is 0.444 e. The van der Waals surface area contributed by atoms with E-state index < -0.39 is 0 Å². The van der Waals surface area contributed by atoms with E-state index in [0.717, 1.165) is 32.0 Å². The molecule has 1 radical (unpaired) electrons. The van der Waals surface area contributed by atoms with E-state index in [0.29, 0.717) is 0 Å². The summed E-state index contributed by atoms with van der Waals surface area (Å²) in [5.74, 6) is 0. The summed E-state index contributed by atoms with van der Waals surface area (Å²) in [4.78, 5) is 48.0. The molecule has 20 heavy (non-hydrogen) atoms. The van der Waals surface area contributed by atoms with Crippen molar-refractivity contribution < 1.29 is 19.5 Å². The van der Waals surface area contributed by atoms with Crippen LogP contribution in [0.2, 0.25) is 0 Å². The van der Waals surface area contributed by atoms with Gasteiger partial charge in [0, 0.05) is 19.5 Å². The molecule has 0 unspecified atom stereocenters. The molecule has 0 rings (SSSR count). The first-order valence-corrected chi connectivity index (χ1v) is 2.19. The van der Waals surface area contributed by atoms with Crippen molar-refractivity contribution >= 4 is 0 Å². The Bertz CT molecular complexity index is 115. The van der Waals surface area contributed by atoms with Gasteiger partial charge in [0.25, 0.3) is 0 Å². The Morgan fingerprint density at radius 3 is 0.400 bits per heavy atom. The zero-order chi connectivity index (χ0) is 16.2. The summed E-state index contributed by atoms with van der Waals surface area (Å²) in [7, 11) is 0. The van der Waals surface area contributed by atoms with Crippen LogP contribution >= 0.6 is 0 Å². The van der Waals surface area contributed by atoms with Crippen molar-refractivity contribution in [2.45, 2.75) is 0 Å². The van der Waals surface area contributed by atoms with Gasteiger partial charge in [-0.25, -0.2) is 0 Å². The minimum Gasteiger partial charge on any atom is -0.444 e. The van der Waals surface area contributed by atoms with E-state index in [-0.39, 0.29) is 25.6 Å². The summed E-state index contributed by atoms with van der Waals surface area (Å²) >= 11 is 0. The van der Waals surface area contributed by atoms with Gasteiger partial charge in [-0.1, -0.05) is 0 Å². The van der Waals surface area contributed by atoms with E-state index >= 15 is 0 Å². The topological polar surface area (TPSA) is 350 Å². The van der Waals surface area contributed by atoms with Crippen LogP contribution in [-0.4, -0.2) is 0 Å². The molecule has 0 saturated carbocycles. The van der Waals surface area contributed by atoms with E-state index in [1.807, 2.05) is 0 Å². The first kappa shape index (κ1) is 53.8. The van der Waals surface area contributed by atoms with Gasteiger partial charge in [0.15, 0.2) is 0 Å². The molecule has 0 aromatic carbocycles. The van der Waals surface area contributed by atoms with Crippen molar-refractivity contribution in [3.8, 4) is 0 Å². The Kier molecular flexibility index (Phi) is 1080. The van der Waals surface area contributed by atoms with Gasteiger partial charge in [-0.05, 0) is 0 Å². The second-order valence-electron chi connectivity index (χ2n) is 0.447. The minimum atomic E-state index is 0. The van der Waals surface area contributed by atoms with Crippen LogP contribution in [0.4, 0.5) is 0 Å². The van der Waals surface area contributed by atoms with Crippen molar-refractivity contribution in [1.29, 1.82) is 0 Å². The van der Waals surface area contributed by atoms with Gasteiger partial charge < -0.3 is 66.8 Å². The second-order valence-corrected chi connectivity index (χ2v) is 0.447. The van der Waals surface area contributed by atoms with E-state index in [2.05, 4.69) is 0 Å². The monoisotopic (exact) mass is 396 g/mol. The Hall–Kier alpha value is -3.02. The zero-order valence-electron chi connectivity index (χ0n) is 8.62. The molecule has 0 saturated heterocycles. The molecule has 0 spiro atoms. The number of nitrogens with zero attached hydrogens (tertiary/aromatic N) is 6. The van der Waals surface area contributed by atoms with E-state index in [9.17, 15) is 0 Å². The fourth-order valence-corrected chi connectivity index (χ4v) is 0. The summed E-state index contributed by atoms with van der Waals surface area (Å²) in [5.41, 5.74) is 0. The van der Waals surface area contributed by atoms with Crippen LogP contribution in [0.3, 0.4) is 0 Å². The molecule has 3 N–H and O–H groups in total. The summed E-state index contributed by atoms with van der Waals surface area (Å²) in [6, 6.07) is 0. The van der Waals surface area contributed by atoms with Crippen molar-refractivity contribution in [3.63, 3.8) is 0 Å². The molecule has 125 valence electrons. The number of hydrogen-bond acceptors (Lipinski definition) is 19. The first-order chi connectivity index (χ1) is 8.49. The molecule has 0 aliphatic carbocycles. The molecule has 0 heterocycles. The number of hydrogen-bond donors (Lipinski definition) is 1. The molecule has 0 amide bonds. The maximum Gasteiger partial charge on any atom is 0 e. The van der Waals surface area contributed by atoms with Crippen LogP contribution in [0.25, 0.3) is 0 Å². The van der Waals surface area contributed by atoms with Gasteiger partial charge >= 0.3 is 0 Å². The van der Waals surface area contributed by atoms with Gasteiger partial charge in [0.2, 0.25) is 0 Å². The fourth-order valence-electron chi connectivity index (χ4n) is 0. The van der Waals surface area contributed by atoms with Crippen LogP contribution in [-0.2, 0) is 19.5 Å². The molecular weight excluding hydrogens is 393 g/mol. The van der Waals surface area contributed by atoms with Crippen molar-refractivity contribution in [2.24, 2.45) is 32.0 Å². The van der Waals surface area contributed by atoms with E-state index in [1.165, 1.54) is 0 Å². The third kappa shape index (κ3) is 322. The van der Waals surface area contributed by atoms with Gasteiger partial charge in [-0.2, -0.15) is 0 Å². The van der Waals surface area contributed by atoms with E-state index in [1.54, 1.807) is 0 Å². The summed E-state index contributed by atoms with van der Waals surface area (Å²) in [6.45, 7) is 0. The predicted molar refractivity (Wildman–Crippen MR) is 60.0 cm³/mol. The van der Waals surface area contributed by atoms with Crippen molar-refractivity contribution in [2.75, 3.05) is 0 Å². The molecule has 20 heteroatoms. The molecule has 0 atom stereocenters. The second kappa shape index (κ2) is 403. The van der Waals surface area contributed by atoms with Crippen LogP contribution in [0, 0.1) is 60.7 Å². The maximum absolute atomic E-state index is 8.00. The molecule has 0 aromatic rings.